The Balaban J connectivity index is 0.000000508. The minimum absolute atomic E-state index is 1.18. The van der Waals surface area contributed by atoms with E-state index in [-0.39, 0.29) is 0 Å². The van der Waals surface area contributed by atoms with Gasteiger partial charge in [-0.15, -0.1) is 0 Å². The lowest BCUT2D eigenvalue weighted by Gasteiger charge is -2.28. The molecule has 1 heterocycles. The number of hydrogen-bond acceptors (Lipinski definition) is 0. The molecule has 0 saturated heterocycles. The van der Waals surface area contributed by atoms with Gasteiger partial charge in [-0.25, -0.2) is 17.9 Å². The van der Waals surface area contributed by atoms with Crippen molar-refractivity contribution in [2.24, 2.45) is 7.05 Å². The topological polar surface area (TPSA) is 8.81 Å². The Bertz CT molecular complexity index is 507. The van der Waals surface area contributed by atoms with Gasteiger partial charge in [-0.3, -0.25) is 0 Å². The monoisotopic (exact) mass is 396 g/mol. The van der Waals surface area contributed by atoms with Gasteiger partial charge >= 0.3 is 19.0 Å². The van der Waals surface area contributed by atoms with Gasteiger partial charge in [-0.1, -0.05) is 32.6 Å². The molecule has 0 bridgehead atoms. The zero-order valence-corrected chi connectivity index (χ0v) is 15.1. The van der Waals surface area contributed by atoms with Crippen LogP contribution in [0.3, 0.4) is 0 Å². The van der Waals surface area contributed by atoms with Gasteiger partial charge in [0, 0.05) is 6.92 Å². The largest absolute Gasteiger partial charge is 0.558 e. The van der Waals surface area contributed by atoms with Crippen molar-refractivity contribution in [1.29, 1.82) is 0 Å². The second-order valence-corrected chi connectivity index (χ2v) is 6.11. The summed E-state index contributed by atoms with van der Waals surface area (Å²) in [5.41, 5.74) is 0. The highest BCUT2D eigenvalue weighted by atomic mass is 19.4. The van der Waals surface area contributed by atoms with Gasteiger partial charge < -0.3 is 12.9 Å². The molecule has 0 atom stereocenters. The van der Waals surface area contributed by atoms with E-state index >= 15 is 0 Å². The molecule has 0 aliphatic heterocycles. The summed E-state index contributed by atoms with van der Waals surface area (Å²) in [4.78, 5) is 0. The van der Waals surface area contributed by atoms with Gasteiger partial charge in [-0.05, 0) is 12.8 Å². The lowest BCUT2D eigenvalue weighted by atomic mass is 9.80. The average Bonchev–Trinajstić information content (AvgIpc) is 2.81. The first kappa shape index (κ1) is 24.7. The van der Waals surface area contributed by atoms with Gasteiger partial charge in [0.1, 0.15) is 12.4 Å². The molecule has 26 heavy (non-hydrogen) atoms. The molecule has 11 heteroatoms. The number of unbranched alkanes of at least 4 members (excludes halogenated alkanes) is 5. The van der Waals surface area contributed by atoms with Crippen molar-refractivity contribution in [3.8, 4) is 0 Å². The van der Waals surface area contributed by atoms with Crippen LogP contribution in [0.4, 0.5) is 34.9 Å². The highest BCUT2D eigenvalue weighted by molar-refractivity contribution is 6.61. The summed E-state index contributed by atoms with van der Waals surface area (Å²) in [6.45, 7) is -1.58. The molecule has 0 aliphatic carbocycles. The molecule has 0 radical (unpaired) electrons. The van der Waals surface area contributed by atoms with Crippen molar-refractivity contribution >= 4 is 6.98 Å². The molecular formula is C15H25BF8N2. The second kappa shape index (κ2) is 10.2. The average molecular weight is 396 g/mol. The summed E-state index contributed by atoms with van der Waals surface area (Å²) in [6, 6.07) is 0. The number of nitrogens with zero attached hydrogens (tertiary/aromatic N) is 2. The van der Waals surface area contributed by atoms with Crippen molar-refractivity contribution in [2.45, 2.75) is 70.9 Å². The summed E-state index contributed by atoms with van der Waals surface area (Å²) in [5, 5.41) is 0. The number of halogens is 8. The maximum atomic E-state index is 11.2. The summed E-state index contributed by atoms with van der Waals surface area (Å²) in [5.74, 6) is -5.21. The fourth-order valence-corrected chi connectivity index (χ4v) is 2.08. The van der Waals surface area contributed by atoms with E-state index < -0.39 is 19.0 Å². The van der Waals surface area contributed by atoms with Crippen molar-refractivity contribution in [1.82, 2.24) is 4.57 Å². The molecule has 1 aromatic heterocycles. The van der Waals surface area contributed by atoms with E-state index in [1.807, 2.05) is 0 Å². The summed E-state index contributed by atoms with van der Waals surface area (Å²) in [7, 11) is 2.10. The zero-order valence-electron chi connectivity index (χ0n) is 15.1. The molecule has 2 nitrogen and oxygen atoms in total. The molecule has 0 unspecified atom stereocenters. The van der Waals surface area contributed by atoms with E-state index in [2.05, 4.69) is 42.4 Å². The minimum atomic E-state index is -7.21. The van der Waals surface area contributed by atoms with Crippen LogP contribution >= 0.6 is 0 Å². The number of hydrogen-bond donors (Lipinski definition) is 0. The predicted molar refractivity (Wildman–Crippen MR) is 83.8 cm³/mol. The molecule has 154 valence electrons. The Morgan fingerprint density at radius 3 is 1.81 bits per heavy atom. The Morgan fingerprint density at radius 1 is 0.962 bits per heavy atom. The van der Waals surface area contributed by atoms with Crippen LogP contribution in [0.2, 0.25) is 0 Å². The third kappa shape index (κ3) is 7.53. The Kier molecular flexibility index (Phi) is 9.65. The molecule has 0 aromatic carbocycles. The minimum Gasteiger partial charge on any atom is -0.445 e. The van der Waals surface area contributed by atoms with E-state index in [9.17, 15) is 34.9 Å². The number of alkyl halides is 5. The van der Waals surface area contributed by atoms with Gasteiger partial charge in [0.15, 0.2) is 0 Å². The Morgan fingerprint density at radius 2 is 1.46 bits per heavy atom. The van der Waals surface area contributed by atoms with E-state index in [0.717, 1.165) is 0 Å². The molecule has 0 amide bonds. The summed E-state index contributed by atoms with van der Waals surface area (Å²) < 4.78 is 92.3. The van der Waals surface area contributed by atoms with E-state index in [1.54, 1.807) is 0 Å². The molecule has 0 aliphatic rings. The lowest BCUT2D eigenvalue weighted by Crippen LogP contribution is -2.53. The molecule has 0 spiro atoms. The molecule has 0 fully saturated rings. The Labute approximate surface area is 148 Å². The van der Waals surface area contributed by atoms with Crippen LogP contribution in [0.25, 0.3) is 0 Å². The van der Waals surface area contributed by atoms with Crippen LogP contribution < -0.4 is 4.57 Å². The van der Waals surface area contributed by atoms with Crippen molar-refractivity contribution < 1.29 is 39.5 Å². The smallest absolute Gasteiger partial charge is 0.445 e. The zero-order chi connectivity index (χ0) is 20.6. The number of imidazole rings is 1. The van der Waals surface area contributed by atoms with Crippen LogP contribution in [-0.4, -0.2) is 23.5 Å². The molecule has 0 N–H and O–H groups in total. The van der Waals surface area contributed by atoms with Crippen molar-refractivity contribution in [2.75, 3.05) is 0 Å². The van der Waals surface area contributed by atoms with Crippen LogP contribution in [-0.2, 0) is 13.6 Å². The van der Waals surface area contributed by atoms with Crippen LogP contribution in [0.5, 0.6) is 0 Å². The maximum absolute atomic E-state index is 11.2. The van der Waals surface area contributed by atoms with Crippen LogP contribution in [0, 0.1) is 6.92 Å². The molecule has 1 aromatic rings. The molecule has 1 rings (SSSR count). The maximum Gasteiger partial charge on any atom is 0.558 e. The number of aromatic nitrogens is 2. The highest BCUT2D eigenvalue weighted by Crippen LogP contribution is 2.43. The molecule has 0 saturated carbocycles. The third-order valence-electron chi connectivity index (χ3n) is 3.94. The highest BCUT2D eigenvalue weighted by Gasteiger charge is 2.69. The van der Waals surface area contributed by atoms with Gasteiger partial charge in [0.05, 0.1) is 13.6 Å². The lowest BCUT2D eigenvalue weighted by molar-refractivity contribution is -0.677. The predicted octanol–water partition coefficient (Wildman–Crippen LogP) is 5.55. The quantitative estimate of drug-likeness (QED) is 0.236. The van der Waals surface area contributed by atoms with Crippen molar-refractivity contribution in [3.05, 3.63) is 18.2 Å². The van der Waals surface area contributed by atoms with Gasteiger partial charge in [-0.2, -0.15) is 13.2 Å². The van der Waals surface area contributed by atoms with Gasteiger partial charge in [0.2, 0.25) is 0 Å². The fourth-order valence-electron chi connectivity index (χ4n) is 2.08. The normalized spacial score (nSPS) is 12.7. The van der Waals surface area contributed by atoms with Crippen LogP contribution in [0.15, 0.2) is 12.4 Å². The standard InChI is InChI=1S/C13H25N2.C2BF8/c1-4-5-6-7-8-9-10-15-12-11-14(3)13(15)2;4-1(5,2(6,7)8)3(9,10)11/h11-12H,4-10H2,1-3H3;/q+1;-1. The Hall–Kier alpha value is -1.29. The summed E-state index contributed by atoms with van der Waals surface area (Å²) >= 11 is 0. The fraction of sp³-hybridized carbons (Fsp3) is 0.800. The first-order valence-corrected chi connectivity index (χ1v) is 8.41. The first-order chi connectivity index (χ1) is 11.8. The van der Waals surface area contributed by atoms with Crippen LogP contribution in [0.1, 0.15) is 51.3 Å². The van der Waals surface area contributed by atoms with E-state index in [4.69, 9.17) is 0 Å². The second-order valence-electron chi connectivity index (χ2n) is 6.11. The van der Waals surface area contributed by atoms with Gasteiger partial charge in [0.25, 0.3) is 5.82 Å². The number of aryl methyl sites for hydroxylation is 2. The molecular weight excluding hydrogens is 371 g/mol. The number of rotatable bonds is 8. The SMILES string of the molecule is CCCCCCCCn1cc[n+](C)c1C.F[B-](F)(F)C(F)(F)C(F)(F)F. The van der Waals surface area contributed by atoms with E-state index in [1.165, 1.54) is 50.9 Å². The van der Waals surface area contributed by atoms with Crippen molar-refractivity contribution in [3.63, 3.8) is 0 Å². The third-order valence-corrected chi connectivity index (χ3v) is 3.94. The van der Waals surface area contributed by atoms with E-state index in [0.29, 0.717) is 0 Å². The first-order valence-electron chi connectivity index (χ1n) is 8.41. The summed E-state index contributed by atoms with van der Waals surface area (Å²) in [6.07, 6.45) is 6.01.